The van der Waals surface area contributed by atoms with Crippen LogP contribution in [-0.2, 0) is 6.54 Å². The van der Waals surface area contributed by atoms with Crippen molar-refractivity contribution < 1.29 is 0 Å². The Labute approximate surface area is 148 Å². The molecule has 0 aliphatic carbocycles. The van der Waals surface area contributed by atoms with Gasteiger partial charge in [-0.3, -0.25) is 14.5 Å². The van der Waals surface area contributed by atoms with Gasteiger partial charge in [0, 0.05) is 36.7 Å². The lowest BCUT2D eigenvalue weighted by Gasteiger charge is -2.31. The molecule has 0 atom stereocenters. The third-order valence-electron chi connectivity index (χ3n) is 4.95. The Kier molecular flexibility index (Phi) is 4.57. The van der Waals surface area contributed by atoms with Gasteiger partial charge in [0.2, 0.25) is 0 Å². The second kappa shape index (κ2) is 7.15. The Bertz CT molecular complexity index is 819. The molecule has 1 aliphatic heterocycles. The molecule has 3 aromatic heterocycles. The summed E-state index contributed by atoms with van der Waals surface area (Å²) in [5.74, 6) is 2.46. The molecular weight excluding hydrogens is 310 g/mol. The summed E-state index contributed by atoms with van der Waals surface area (Å²) >= 11 is 0. The van der Waals surface area contributed by atoms with Crippen molar-refractivity contribution >= 4 is 0 Å². The maximum Gasteiger partial charge on any atom is 0.138 e. The molecule has 25 heavy (non-hydrogen) atoms. The van der Waals surface area contributed by atoms with E-state index in [9.17, 15) is 0 Å². The van der Waals surface area contributed by atoms with E-state index in [0.717, 1.165) is 49.8 Å². The highest BCUT2D eigenvalue weighted by molar-refractivity contribution is 5.28. The van der Waals surface area contributed by atoms with Crippen LogP contribution >= 0.6 is 0 Å². The second-order valence-corrected chi connectivity index (χ2v) is 6.64. The third-order valence-corrected chi connectivity index (χ3v) is 4.95. The number of hydrogen-bond donors (Lipinski definition) is 0. The number of pyridine rings is 2. The molecule has 0 radical (unpaired) electrons. The van der Waals surface area contributed by atoms with Gasteiger partial charge in [-0.2, -0.15) is 0 Å². The van der Waals surface area contributed by atoms with Crippen molar-refractivity contribution in [2.45, 2.75) is 32.2 Å². The molecule has 0 bridgehead atoms. The second-order valence-electron chi connectivity index (χ2n) is 6.64. The average Bonchev–Trinajstić information content (AvgIpc) is 3.09. The van der Waals surface area contributed by atoms with Crippen molar-refractivity contribution in [1.82, 2.24) is 24.4 Å². The highest BCUT2D eigenvalue weighted by Gasteiger charge is 2.22. The molecule has 1 fully saturated rings. The van der Waals surface area contributed by atoms with Crippen LogP contribution in [0.2, 0.25) is 0 Å². The highest BCUT2D eigenvalue weighted by Crippen LogP contribution is 2.28. The summed E-state index contributed by atoms with van der Waals surface area (Å²) in [5.41, 5.74) is 2.35. The zero-order chi connectivity index (χ0) is 17.1. The highest BCUT2D eigenvalue weighted by atomic mass is 15.1. The molecule has 1 saturated heterocycles. The van der Waals surface area contributed by atoms with Crippen LogP contribution in [0.4, 0.5) is 0 Å². The van der Waals surface area contributed by atoms with Gasteiger partial charge in [0.15, 0.2) is 0 Å². The molecular formula is C20H23N5. The molecule has 0 spiro atoms. The van der Waals surface area contributed by atoms with Crippen LogP contribution in [-0.4, -0.2) is 37.5 Å². The summed E-state index contributed by atoms with van der Waals surface area (Å²) in [6.07, 6.45) is 7.95. The first-order chi connectivity index (χ1) is 12.3. The van der Waals surface area contributed by atoms with E-state index in [2.05, 4.69) is 39.1 Å². The van der Waals surface area contributed by atoms with Crippen molar-refractivity contribution in [3.63, 3.8) is 0 Å². The molecule has 4 rings (SSSR count). The largest absolute Gasteiger partial charge is 0.297 e. The van der Waals surface area contributed by atoms with E-state index >= 15 is 0 Å². The predicted molar refractivity (Wildman–Crippen MR) is 97.6 cm³/mol. The SMILES string of the molecule is Cc1nccn1-c1cccc(C2CCN(Cc3ccccn3)CC2)n1. The molecule has 0 amide bonds. The van der Waals surface area contributed by atoms with Gasteiger partial charge in [0.05, 0.1) is 5.69 Å². The monoisotopic (exact) mass is 333 g/mol. The van der Waals surface area contributed by atoms with Crippen molar-refractivity contribution in [3.05, 3.63) is 72.2 Å². The summed E-state index contributed by atoms with van der Waals surface area (Å²) < 4.78 is 2.04. The van der Waals surface area contributed by atoms with Gasteiger partial charge in [-0.15, -0.1) is 0 Å². The van der Waals surface area contributed by atoms with E-state index in [-0.39, 0.29) is 0 Å². The summed E-state index contributed by atoms with van der Waals surface area (Å²) in [6.45, 7) is 5.13. The van der Waals surface area contributed by atoms with E-state index in [1.807, 2.05) is 42.2 Å². The quantitative estimate of drug-likeness (QED) is 0.734. The Morgan fingerprint density at radius 2 is 1.88 bits per heavy atom. The van der Waals surface area contributed by atoms with Gasteiger partial charge in [-0.25, -0.2) is 9.97 Å². The first-order valence-corrected chi connectivity index (χ1v) is 8.89. The minimum atomic E-state index is 0.531. The maximum absolute atomic E-state index is 4.90. The van der Waals surface area contributed by atoms with Crippen LogP contribution in [0.5, 0.6) is 0 Å². The summed E-state index contributed by atoms with van der Waals surface area (Å²) in [4.78, 5) is 16.1. The first kappa shape index (κ1) is 16.0. The lowest BCUT2D eigenvalue weighted by molar-refractivity contribution is 0.201. The molecule has 4 heterocycles. The predicted octanol–water partition coefficient (Wildman–Crippen LogP) is 3.35. The van der Waals surface area contributed by atoms with Crippen LogP contribution in [0.1, 0.15) is 36.0 Å². The van der Waals surface area contributed by atoms with Crippen LogP contribution in [0.25, 0.3) is 5.82 Å². The van der Waals surface area contributed by atoms with Crippen LogP contribution in [0.15, 0.2) is 55.0 Å². The van der Waals surface area contributed by atoms with Gasteiger partial charge in [0.1, 0.15) is 11.6 Å². The fourth-order valence-corrected chi connectivity index (χ4v) is 3.53. The number of aromatic nitrogens is 4. The molecule has 5 nitrogen and oxygen atoms in total. The summed E-state index contributed by atoms with van der Waals surface area (Å²) in [7, 11) is 0. The van der Waals surface area contributed by atoms with Crippen molar-refractivity contribution in [3.8, 4) is 5.82 Å². The van der Waals surface area contributed by atoms with E-state index in [4.69, 9.17) is 4.98 Å². The number of nitrogens with zero attached hydrogens (tertiary/aromatic N) is 5. The topological polar surface area (TPSA) is 46.8 Å². The fraction of sp³-hybridized carbons (Fsp3) is 0.350. The number of rotatable bonds is 4. The Morgan fingerprint density at radius 1 is 1.00 bits per heavy atom. The van der Waals surface area contributed by atoms with Gasteiger partial charge >= 0.3 is 0 Å². The first-order valence-electron chi connectivity index (χ1n) is 8.89. The van der Waals surface area contributed by atoms with Crippen molar-refractivity contribution in [2.75, 3.05) is 13.1 Å². The van der Waals surface area contributed by atoms with Crippen molar-refractivity contribution in [1.29, 1.82) is 0 Å². The Balaban J connectivity index is 1.42. The molecule has 0 aromatic carbocycles. The number of likely N-dealkylation sites (tertiary alicyclic amines) is 1. The van der Waals surface area contributed by atoms with E-state index in [1.165, 1.54) is 5.69 Å². The van der Waals surface area contributed by atoms with Gasteiger partial charge in [0.25, 0.3) is 0 Å². The fourth-order valence-electron chi connectivity index (χ4n) is 3.53. The molecule has 1 aliphatic rings. The molecule has 3 aromatic rings. The van der Waals surface area contributed by atoms with Crippen LogP contribution in [0, 0.1) is 6.92 Å². The van der Waals surface area contributed by atoms with Crippen LogP contribution in [0.3, 0.4) is 0 Å². The minimum absolute atomic E-state index is 0.531. The van der Waals surface area contributed by atoms with E-state index in [1.54, 1.807) is 0 Å². The van der Waals surface area contributed by atoms with Crippen molar-refractivity contribution in [2.24, 2.45) is 0 Å². The number of hydrogen-bond acceptors (Lipinski definition) is 4. The molecule has 0 saturated carbocycles. The minimum Gasteiger partial charge on any atom is -0.297 e. The van der Waals surface area contributed by atoms with Gasteiger partial charge < -0.3 is 0 Å². The lowest BCUT2D eigenvalue weighted by atomic mass is 9.93. The number of aryl methyl sites for hydroxylation is 1. The molecule has 0 N–H and O–H groups in total. The molecule has 5 heteroatoms. The number of piperidine rings is 1. The third kappa shape index (κ3) is 3.61. The lowest BCUT2D eigenvalue weighted by Crippen LogP contribution is -2.33. The number of imidazole rings is 1. The summed E-state index contributed by atoms with van der Waals surface area (Å²) in [6, 6.07) is 12.4. The molecule has 0 unspecified atom stereocenters. The standard InChI is InChI=1S/C20H23N5/c1-16-21-11-14-25(16)20-7-4-6-19(23-20)17-8-12-24(13-9-17)15-18-5-2-3-10-22-18/h2-7,10-11,14,17H,8-9,12-13,15H2,1H3. The van der Waals surface area contributed by atoms with Crippen LogP contribution < -0.4 is 0 Å². The zero-order valence-electron chi connectivity index (χ0n) is 14.5. The Hall–Kier alpha value is -2.53. The smallest absolute Gasteiger partial charge is 0.138 e. The zero-order valence-corrected chi connectivity index (χ0v) is 14.5. The van der Waals surface area contributed by atoms with E-state index < -0.39 is 0 Å². The average molecular weight is 333 g/mol. The maximum atomic E-state index is 4.90. The molecule has 128 valence electrons. The summed E-state index contributed by atoms with van der Waals surface area (Å²) in [5, 5.41) is 0. The normalized spacial score (nSPS) is 16.2. The van der Waals surface area contributed by atoms with Gasteiger partial charge in [-0.05, 0) is 57.1 Å². The van der Waals surface area contributed by atoms with E-state index in [0.29, 0.717) is 5.92 Å². The Morgan fingerprint density at radius 3 is 2.60 bits per heavy atom. The van der Waals surface area contributed by atoms with Gasteiger partial charge in [-0.1, -0.05) is 12.1 Å².